The Morgan fingerprint density at radius 1 is 1.08 bits per heavy atom. The van der Waals surface area contributed by atoms with Crippen LogP contribution >= 0.6 is 0 Å². The zero-order valence-corrected chi connectivity index (χ0v) is 13.2. The molecule has 0 saturated carbocycles. The highest BCUT2D eigenvalue weighted by atomic mass is 19.1. The van der Waals surface area contributed by atoms with Crippen molar-refractivity contribution in [3.8, 4) is 11.5 Å². The van der Waals surface area contributed by atoms with Gasteiger partial charge in [-0.1, -0.05) is 18.2 Å². The fraction of sp³-hybridized carbons (Fsp3) is 0.333. The Morgan fingerprint density at radius 2 is 1.92 bits per heavy atom. The fourth-order valence-electron chi connectivity index (χ4n) is 3.20. The lowest BCUT2D eigenvalue weighted by Gasteiger charge is -2.19. The largest absolute Gasteiger partial charge is 0.454 e. The first kappa shape index (κ1) is 15.4. The molecule has 2 aromatic carbocycles. The second-order valence-corrected chi connectivity index (χ2v) is 6.13. The summed E-state index contributed by atoms with van der Waals surface area (Å²) < 4.78 is 23.8. The normalized spacial score (nSPS) is 22.0. The molecule has 2 atom stereocenters. The molecule has 1 saturated heterocycles. The third-order valence-electron chi connectivity index (χ3n) is 4.49. The first-order valence-corrected chi connectivity index (χ1v) is 8.13. The lowest BCUT2D eigenvalue weighted by Crippen LogP contribution is -2.28. The number of hydrazine groups is 1. The molecule has 6 heteroatoms. The van der Waals surface area contributed by atoms with Gasteiger partial charge in [0.1, 0.15) is 5.82 Å². The minimum absolute atomic E-state index is 0.176. The standard InChI is InChI=1S/C18H20FN3O2/c19-15-4-2-13(3-5-15)18-14(10-21-22-18)9-20-8-12-1-6-16-17(7-12)24-11-23-16/h1-7,14,18,20-22H,8-11H2. The number of benzene rings is 2. The van der Waals surface area contributed by atoms with E-state index in [1.807, 2.05) is 30.3 Å². The van der Waals surface area contributed by atoms with Gasteiger partial charge in [0, 0.05) is 25.6 Å². The number of rotatable bonds is 5. The van der Waals surface area contributed by atoms with Crippen LogP contribution in [0.25, 0.3) is 0 Å². The number of halogens is 1. The van der Waals surface area contributed by atoms with Gasteiger partial charge >= 0.3 is 0 Å². The maximum atomic E-state index is 13.1. The quantitative estimate of drug-likeness (QED) is 0.784. The summed E-state index contributed by atoms with van der Waals surface area (Å²) in [5.41, 5.74) is 8.73. The molecule has 1 fully saturated rings. The van der Waals surface area contributed by atoms with Crippen LogP contribution < -0.4 is 25.6 Å². The number of hydrogen-bond donors (Lipinski definition) is 3. The van der Waals surface area contributed by atoms with Crippen LogP contribution in [0.3, 0.4) is 0 Å². The highest BCUT2D eigenvalue weighted by Crippen LogP contribution is 2.32. The van der Waals surface area contributed by atoms with E-state index in [0.29, 0.717) is 12.7 Å². The second-order valence-electron chi connectivity index (χ2n) is 6.13. The molecule has 2 aliphatic rings. The highest BCUT2D eigenvalue weighted by Gasteiger charge is 2.27. The number of nitrogens with one attached hydrogen (secondary N) is 3. The second kappa shape index (κ2) is 6.76. The van der Waals surface area contributed by atoms with Gasteiger partial charge in [-0.3, -0.25) is 5.43 Å². The summed E-state index contributed by atoms with van der Waals surface area (Å²) in [6, 6.07) is 12.9. The van der Waals surface area contributed by atoms with Crippen molar-refractivity contribution >= 4 is 0 Å². The molecule has 0 aromatic heterocycles. The van der Waals surface area contributed by atoms with Crippen molar-refractivity contribution in [3.63, 3.8) is 0 Å². The van der Waals surface area contributed by atoms with Crippen LogP contribution in [0, 0.1) is 11.7 Å². The molecule has 3 N–H and O–H groups in total. The van der Waals surface area contributed by atoms with E-state index in [1.165, 1.54) is 12.1 Å². The Kier molecular flexibility index (Phi) is 4.34. The van der Waals surface area contributed by atoms with E-state index < -0.39 is 0 Å². The molecular formula is C18H20FN3O2. The van der Waals surface area contributed by atoms with E-state index in [2.05, 4.69) is 16.2 Å². The van der Waals surface area contributed by atoms with Crippen molar-refractivity contribution in [2.24, 2.45) is 5.92 Å². The van der Waals surface area contributed by atoms with Crippen molar-refractivity contribution in [2.75, 3.05) is 19.9 Å². The number of fused-ring (bicyclic) bond motifs is 1. The summed E-state index contributed by atoms with van der Waals surface area (Å²) in [4.78, 5) is 0. The molecule has 24 heavy (non-hydrogen) atoms. The van der Waals surface area contributed by atoms with Gasteiger partial charge in [-0.25, -0.2) is 9.82 Å². The van der Waals surface area contributed by atoms with Gasteiger partial charge in [-0.2, -0.15) is 0 Å². The first-order chi connectivity index (χ1) is 11.8. The van der Waals surface area contributed by atoms with Crippen LogP contribution in [0.4, 0.5) is 4.39 Å². The third-order valence-corrected chi connectivity index (χ3v) is 4.49. The highest BCUT2D eigenvalue weighted by molar-refractivity contribution is 5.44. The molecule has 5 nitrogen and oxygen atoms in total. The third kappa shape index (κ3) is 3.21. The van der Waals surface area contributed by atoms with Crippen LogP contribution in [-0.2, 0) is 6.54 Å². The van der Waals surface area contributed by atoms with Gasteiger partial charge < -0.3 is 14.8 Å². The Balaban J connectivity index is 1.34. The summed E-state index contributed by atoms with van der Waals surface area (Å²) in [5.74, 6) is 1.80. The zero-order chi connectivity index (χ0) is 16.4. The predicted octanol–water partition coefficient (Wildman–Crippen LogP) is 2.11. The number of ether oxygens (including phenoxy) is 2. The summed E-state index contributed by atoms with van der Waals surface area (Å²) >= 11 is 0. The van der Waals surface area contributed by atoms with E-state index in [1.54, 1.807) is 0 Å². The monoisotopic (exact) mass is 329 g/mol. The van der Waals surface area contributed by atoms with Gasteiger partial charge in [-0.15, -0.1) is 0 Å². The maximum absolute atomic E-state index is 13.1. The molecule has 2 unspecified atom stereocenters. The molecule has 0 bridgehead atoms. The van der Waals surface area contributed by atoms with Crippen molar-refractivity contribution in [2.45, 2.75) is 12.6 Å². The van der Waals surface area contributed by atoms with Crippen LogP contribution in [0.5, 0.6) is 11.5 Å². The Morgan fingerprint density at radius 3 is 2.79 bits per heavy atom. The van der Waals surface area contributed by atoms with Crippen molar-refractivity contribution in [1.29, 1.82) is 0 Å². The molecule has 2 aliphatic heterocycles. The molecule has 2 heterocycles. The smallest absolute Gasteiger partial charge is 0.231 e. The topological polar surface area (TPSA) is 54.5 Å². The van der Waals surface area contributed by atoms with E-state index in [9.17, 15) is 4.39 Å². The van der Waals surface area contributed by atoms with Gasteiger partial charge in [0.15, 0.2) is 11.5 Å². The zero-order valence-electron chi connectivity index (χ0n) is 13.2. The summed E-state index contributed by atoms with van der Waals surface area (Å²) in [6.07, 6.45) is 0. The SMILES string of the molecule is Fc1ccc(C2NNCC2CNCc2ccc3c(c2)OCO3)cc1. The predicted molar refractivity (Wildman–Crippen MR) is 88.0 cm³/mol. The van der Waals surface area contributed by atoms with E-state index in [-0.39, 0.29) is 11.9 Å². The molecule has 126 valence electrons. The molecule has 0 radical (unpaired) electrons. The minimum atomic E-state index is -0.206. The summed E-state index contributed by atoms with van der Waals surface area (Å²) in [7, 11) is 0. The lowest BCUT2D eigenvalue weighted by atomic mass is 9.95. The number of hydrogen-bond acceptors (Lipinski definition) is 5. The molecule has 2 aromatic rings. The van der Waals surface area contributed by atoms with Crippen molar-refractivity contribution < 1.29 is 13.9 Å². The van der Waals surface area contributed by atoms with Gasteiger partial charge in [0.25, 0.3) is 0 Å². The van der Waals surface area contributed by atoms with Crippen molar-refractivity contribution in [1.82, 2.24) is 16.2 Å². The fourth-order valence-corrected chi connectivity index (χ4v) is 3.20. The average molecular weight is 329 g/mol. The molecule has 0 spiro atoms. The Bertz CT molecular complexity index is 708. The van der Waals surface area contributed by atoms with Crippen LogP contribution in [0.2, 0.25) is 0 Å². The van der Waals surface area contributed by atoms with Crippen LogP contribution in [-0.4, -0.2) is 19.9 Å². The minimum Gasteiger partial charge on any atom is -0.454 e. The lowest BCUT2D eigenvalue weighted by molar-refractivity contribution is 0.174. The molecular weight excluding hydrogens is 309 g/mol. The van der Waals surface area contributed by atoms with Gasteiger partial charge in [0.2, 0.25) is 6.79 Å². The van der Waals surface area contributed by atoms with Crippen molar-refractivity contribution in [3.05, 3.63) is 59.4 Å². The van der Waals surface area contributed by atoms with E-state index >= 15 is 0 Å². The van der Waals surface area contributed by atoms with Gasteiger partial charge in [-0.05, 0) is 35.4 Å². The molecule has 0 aliphatic carbocycles. The first-order valence-electron chi connectivity index (χ1n) is 8.13. The average Bonchev–Trinajstić information content (AvgIpc) is 3.24. The van der Waals surface area contributed by atoms with E-state index in [4.69, 9.17) is 9.47 Å². The molecule has 0 amide bonds. The van der Waals surface area contributed by atoms with Crippen LogP contribution in [0.1, 0.15) is 17.2 Å². The Hall–Kier alpha value is -2.15. The van der Waals surface area contributed by atoms with Crippen LogP contribution in [0.15, 0.2) is 42.5 Å². The van der Waals surface area contributed by atoms with E-state index in [0.717, 1.165) is 42.3 Å². The van der Waals surface area contributed by atoms with Gasteiger partial charge in [0.05, 0.1) is 6.04 Å². The maximum Gasteiger partial charge on any atom is 0.231 e. The molecule has 4 rings (SSSR count). The summed E-state index contributed by atoms with van der Waals surface area (Å²) in [5, 5.41) is 3.50. The Labute approximate surface area is 140 Å². The summed E-state index contributed by atoms with van der Waals surface area (Å²) in [6.45, 7) is 2.79.